The average molecular weight is 710 g/mol. The number of rotatable bonds is 14. The highest BCUT2D eigenvalue weighted by molar-refractivity contribution is 6.36. The monoisotopic (exact) mass is 710 g/mol. The smallest absolute Gasteiger partial charge is 0.285 e. The third-order valence-corrected chi connectivity index (χ3v) is 15.5. The Labute approximate surface area is 306 Å². The van der Waals surface area contributed by atoms with E-state index in [1.807, 2.05) is 25.7 Å². The number of likely N-dealkylation sites (tertiary alicyclic amines) is 1. The lowest BCUT2D eigenvalue weighted by molar-refractivity contribution is -0.147. The molecule has 3 spiro atoms. The molecule has 0 bridgehead atoms. The van der Waals surface area contributed by atoms with Gasteiger partial charge in [-0.2, -0.15) is 0 Å². The first-order valence-corrected chi connectivity index (χ1v) is 20.2. The van der Waals surface area contributed by atoms with Gasteiger partial charge in [-0.15, -0.1) is 0 Å². The number of hydrogen-bond donors (Lipinski definition) is 1. The van der Waals surface area contributed by atoms with E-state index >= 15 is 0 Å². The second-order valence-corrected chi connectivity index (χ2v) is 20.7. The topological polar surface area (TPSA) is 127 Å². The molecule has 0 aromatic rings. The Morgan fingerprint density at radius 3 is 2.00 bits per heavy atom. The Bertz CT molecular complexity index is 1410. The summed E-state index contributed by atoms with van der Waals surface area (Å²) in [5, 5.41) is 0. The first-order chi connectivity index (χ1) is 23.7. The number of nitrogens with zero attached hydrogens (tertiary/aromatic N) is 2. The van der Waals surface area contributed by atoms with Crippen LogP contribution < -0.4 is 5.73 Å². The van der Waals surface area contributed by atoms with Crippen molar-refractivity contribution in [3.63, 3.8) is 0 Å². The minimum atomic E-state index is -0.986. The van der Waals surface area contributed by atoms with Crippen molar-refractivity contribution < 1.29 is 28.7 Å². The van der Waals surface area contributed by atoms with E-state index in [-0.39, 0.29) is 63.5 Å². The highest BCUT2D eigenvalue weighted by Gasteiger charge is 2.85. The molecule has 2 heterocycles. The molecule has 6 aliphatic rings. The van der Waals surface area contributed by atoms with Crippen LogP contribution in [0.1, 0.15) is 139 Å². The molecule has 0 aromatic carbocycles. The fourth-order valence-electron chi connectivity index (χ4n) is 11.1. The van der Waals surface area contributed by atoms with E-state index < -0.39 is 35.0 Å². The summed E-state index contributed by atoms with van der Waals surface area (Å²) in [6.07, 6.45) is 10.2. The van der Waals surface area contributed by atoms with Gasteiger partial charge in [-0.05, 0) is 72.0 Å². The summed E-state index contributed by atoms with van der Waals surface area (Å²) < 4.78 is 6.06. The molecule has 6 fully saturated rings. The van der Waals surface area contributed by atoms with Gasteiger partial charge in [0.25, 0.3) is 5.91 Å². The number of primary amides is 1. The van der Waals surface area contributed by atoms with Crippen molar-refractivity contribution in [1.82, 2.24) is 9.80 Å². The number of nitrogens with two attached hydrogens (primary N) is 1. The number of hydrogen-bond acceptors (Lipinski definition) is 7. The Hall–Kier alpha value is -2.13. The number of carbonyl (C=O) groups excluding carboxylic acids is 5. The highest BCUT2D eigenvalue weighted by atomic mass is 16.5. The van der Waals surface area contributed by atoms with Crippen LogP contribution in [-0.4, -0.2) is 83.4 Å². The second kappa shape index (κ2) is 13.3. The van der Waals surface area contributed by atoms with Crippen LogP contribution in [0.4, 0.5) is 0 Å². The van der Waals surface area contributed by atoms with E-state index in [0.717, 1.165) is 77.6 Å². The van der Waals surface area contributed by atoms with Crippen LogP contribution in [0.3, 0.4) is 0 Å². The van der Waals surface area contributed by atoms with Gasteiger partial charge < -0.3 is 15.4 Å². The van der Waals surface area contributed by atoms with Gasteiger partial charge >= 0.3 is 0 Å². The standard InChI is InChI=1S/C42H67N3O6/c1-37(2,3)29(24-44-17-18-51-40(25-44)15-16-40)21-30(46)22-31(38(4,5)6)36(50)45-26-42(39(7,8)41(42)13-10-14-41)23-32(45)33(47)20-28(34(48)35(43)49)19-27-11-9-12-27/h27-29,31-32H,9-26H2,1-8H3,(H2,43,49)/t28?,29-,31-,32+,42-/m1/s1. The molecule has 9 nitrogen and oxygen atoms in total. The SMILES string of the molecule is CC(C)(C)[C@H](CC(=O)C[C@H](C(=O)N1C[C@]2(C[C@H]1C(=O)CC(CC1CCC1)C(=O)C(N)=O)C(C)(C)C21CCC1)C(C)(C)C)CN1CCOC2(CC2)C1. The van der Waals surface area contributed by atoms with Crippen LogP contribution in [0.2, 0.25) is 0 Å². The maximum atomic E-state index is 15.0. The molecule has 2 saturated heterocycles. The highest BCUT2D eigenvalue weighted by Crippen LogP contribution is 2.88. The predicted molar refractivity (Wildman–Crippen MR) is 196 cm³/mol. The lowest BCUT2D eigenvalue weighted by Crippen LogP contribution is -2.49. The minimum absolute atomic E-state index is 0.00823. The molecule has 9 heteroatoms. The molecule has 2 aliphatic heterocycles. The quantitative estimate of drug-likeness (QED) is 0.215. The van der Waals surface area contributed by atoms with Crippen molar-refractivity contribution >= 4 is 29.2 Å². The number of amides is 2. The Morgan fingerprint density at radius 2 is 1.51 bits per heavy atom. The number of fused-ring (bicyclic) bond motifs is 1. The third kappa shape index (κ3) is 7.01. The Morgan fingerprint density at radius 1 is 0.843 bits per heavy atom. The lowest BCUT2D eigenvalue weighted by Gasteiger charge is -2.40. The van der Waals surface area contributed by atoms with Crippen LogP contribution in [0.15, 0.2) is 0 Å². The summed E-state index contributed by atoms with van der Waals surface area (Å²) >= 11 is 0. The van der Waals surface area contributed by atoms with E-state index in [4.69, 9.17) is 10.5 Å². The summed E-state index contributed by atoms with van der Waals surface area (Å²) in [5.41, 5.74) is 4.87. The number of morpholine rings is 1. The van der Waals surface area contributed by atoms with Gasteiger partial charge in [0.2, 0.25) is 11.7 Å². The van der Waals surface area contributed by atoms with Crippen molar-refractivity contribution in [1.29, 1.82) is 0 Å². The zero-order chi connectivity index (χ0) is 37.4. The van der Waals surface area contributed by atoms with Crippen molar-refractivity contribution in [2.24, 2.45) is 56.5 Å². The number of carbonyl (C=O) groups is 5. The van der Waals surface area contributed by atoms with Crippen molar-refractivity contribution in [2.75, 3.05) is 32.8 Å². The Kier molecular flexibility index (Phi) is 10.1. The summed E-state index contributed by atoms with van der Waals surface area (Å²) in [4.78, 5) is 72.9. The normalized spacial score (nSPS) is 29.6. The largest absolute Gasteiger partial charge is 0.372 e. The van der Waals surface area contributed by atoms with Crippen molar-refractivity contribution in [3.8, 4) is 0 Å². The van der Waals surface area contributed by atoms with Gasteiger partial charge in [-0.25, -0.2) is 0 Å². The number of ketones is 3. The molecule has 1 unspecified atom stereocenters. The second-order valence-electron chi connectivity index (χ2n) is 20.7. The zero-order valence-corrected chi connectivity index (χ0v) is 33.0. The molecule has 0 aromatic heterocycles. The van der Waals surface area contributed by atoms with Crippen molar-refractivity contribution in [3.05, 3.63) is 0 Å². The Balaban J connectivity index is 1.22. The zero-order valence-electron chi connectivity index (χ0n) is 33.0. The first kappa shape index (κ1) is 38.6. The maximum Gasteiger partial charge on any atom is 0.285 e. The average Bonchev–Trinajstić information content (AvgIpc) is 3.73. The van der Waals surface area contributed by atoms with Gasteiger partial charge in [0.15, 0.2) is 5.78 Å². The number of Topliss-reactive ketones (excluding diaryl/α,β-unsaturated/α-hetero) is 3. The molecule has 2 amide bonds. The summed E-state index contributed by atoms with van der Waals surface area (Å²) in [5.74, 6) is -2.66. The van der Waals surface area contributed by atoms with Crippen molar-refractivity contribution in [2.45, 2.75) is 151 Å². The summed E-state index contributed by atoms with van der Waals surface area (Å²) in [6.45, 7) is 21.2. The maximum absolute atomic E-state index is 15.0. The summed E-state index contributed by atoms with van der Waals surface area (Å²) in [7, 11) is 0. The minimum Gasteiger partial charge on any atom is -0.372 e. The predicted octanol–water partition coefficient (Wildman–Crippen LogP) is 6.14. The molecule has 5 atom stereocenters. The molecule has 286 valence electrons. The van der Waals surface area contributed by atoms with Gasteiger partial charge in [0.1, 0.15) is 5.78 Å². The van der Waals surface area contributed by atoms with Crippen LogP contribution in [0, 0.1) is 50.7 Å². The van der Waals surface area contributed by atoms with E-state index in [9.17, 15) is 24.0 Å². The first-order valence-electron chi connectivity index (χ1n) is 20.2. The molecule has 4 saturated carbocycles. The van der Waals surface area contributed by atoms with E-state index in [2.05, 4.69) is 39.5 Å². The van der Waals surface area contributed by atoms with Gasteiger partial charge in [0, 0.05) is 62.7 Å². The van der Waals surface area contributed by atoms with Crippen LogP contribution in [-0.2, 0) is 28.7 Å². The van der Waals surface area contributed by atoms with Gasteiger partial charge in [-0.3, -0.25) is 28.9 Å². The van der Waals surface area contributed by atoms with Crippen LogP contribution >= 0.6 is 0 Å². The molecule has 51 heavy (non-hydrogen) atoms. The van der Waals surface area contributed by atoms with Gasteiger partial charge in [-0.1, -0.05) is 81.1 Å². The third-order valence-electron chi connectivity index (χ3n) is 15.5. The molecular formula is C42H67N3O6. The molecular weight excluding hydrogens is 642 g/mol. The van der Waals surface area contributed by atoms with Crippen LogP contribution in [0.25, 0.3) is 0 Å². The fraction of sp³-hybridized carbons (Fsp3) is 0.881. The molecule has 4 aliphatic carbocycles. The molecule has 0 radical (unpaired) electrons. The summed E-state index contributed by atoms with van der Waals surface area (Å²) in [6, 6.07) is -0.667. The van der Waals surface area contributed by atoms with Crippen LogP contribution in [0.5, 0.6) is 0 Å². The molecule has 6 rings (SSSR count). The fourth-order valence-corrected chi connectivity index (χ4v) is 11.1. The van der Waals surface area contributed by atoms with E-state index in [0.29, 0.717) is 31.7 Å². The van der Waals surface area contributed by atoms with E-state index in [1.165, 1.54) is 0 Å². The van der Waals surface area contributed by atoms with Gasteiger partial charge in [0.05, 0.1) is 18.2 Å². The lowest BCUT2D eigenvalue weighted by atomic mass is 9.73. The van der Waals surface area contributed by atoms with E-state index in [1.54, 1.807) is 0 Å². The number of ether oxygens (including phenoxy) is 1. The molecule has 2 N–H and O–H groups in total.